The summed E-state index contributed by atoms with van der Waals surface area (Å²) < 4.78 is 46.6. The second kappa shape index (κ2) is 9.93. The highest BCUT2D eigenvalue weighted by molar-refractivity contribution is 7.89. The summed E-state index contributed by atoms with van der Waals surface area (Å²) in [5.74, 6) is -0.538. The molecule has 0 aromatic heterocycles. The molecule has 3 aromatic rings. The number of hydrogen-bond acceptors (Lipinski definition) is 4. The van der Waals surface area contributed by atoms with E-state index >= 15 is 0 Å². The number of sulfonamides is 1. The van der Waals surface area contributed by atoms with Crippen LogP contribution in [0.2, 0.25) is 0 Å². The minimum absolute atomic E-state index is 0.0307. The average Bonchev–Trinajstić information content (AvgIpc) is 2.78. The van der Waals surface area contributed by atoms with Crippen LogP contribution in [0.3, 0.4) is 0 Å². The fraction of sp³-hybridized carbons (Fsp3) is 0.208. The molecule has 0 spiro atoms. The van der Waals surface area contributed by atoms with Crippen molar-refractivity contribution < 1.29 is 22.3 Å². The van der Waals surface area contributed by atoms with Gasteiger partial charge >= 0.3 is 0 Å². The minimum Gasteiger partial charge on any atom is -0.497 e. The molecule has 1 amide bonds. The first-order chi connectivity index (χ1) is 15.2. The Hall–Kier alpha value is -3.23. The van der Waals surface area contributed by atoms with E-state index in [2.05, 4.69) is 10.0 Å². The van der Waals surface area contributed by atoms with Crippen LogP contribution < -0.4 is 14.8 Å². The van der Waals surface area contributed by atoms with Crippen molar-refractivity contribution in [1.82, 2.24) is 4.72 Å². The van der Waals surface area contributed by atoms with Gasteiger partial charge in [0.15, 0.2) is 0 Å². The van der Waals surface area contributed by atoms with Crippen LogP contribution in [0.25, 0.3) is 11.1 Å². The smallest absolute Gasteiger partial charge is 0.242 e. The fourth-order valence-electron chi connectivity index (χ4n) is 3.12. The van der Waals surface area contributed by atoms with Crippen LogP contribution in [-0.4, -0.2) is 27.5 Å². The van der Waals surface area contributed by atoms with Crippen LogP contribution in [0.1, 0.15) is 13.8 Å². The van der Waals surface area contributed by atoms with Gasteiger partial charge in [-0.25, -0.2) is 12.8 Å². The van der Waals surface area contributed by atoms with Crippen molar-refractivity contribution in [3.05, 3.63) is 78.6 Å². The van der Waals surface area contributed by atoms with Gasteiger partial charge in [-0.15, -0.1) is 0 Å². The molecule has 0 heterocycles. The highest BCUT2D eigenvalue weighted by Gasteiger charge is 2.28. The lowest BCUT2D eigenvalue weighted by Gasteiger charge is -2.22. The summed E-state index contributed by atoms with van der Waals surface area (Å²) in [7, 11) is -2.43. The number of benzene rings is 3. The lowest BCUT2D eigenvalue weighted by Crippen LogP contribution is -2.47. The standard InChI is InChI=1S/C24H25FN2O4S/c1-16(2)23(24(28)26-20-5-4-6-21(15-20)31-3)27-32(29,30)22-13-9-18(10-14-22)17-7-11-19(25)12-8-17/h4-16,23,27H,1-3H3,(H,26,28). The van der Waals surface area contributed by atoms with Crippen molar-refractivity contribution in [3.8, 4) is 16.9 Å². The Bertz CT molecular complexity index is 1180. The Morgan fingerprint density at radius 1 is 0.938 bits per heavy atom. The average molecular weight is 457 g/mol. The zero-order valence-corrected chi connectivity index (χ0v) is 18.8. The Kier molecular flexibility index (Phi) is 7.27. The maximum Gasteiger partial charge on any atom is 0.242 e. The van der Waals surface area contributed by atoms with Gasteiger partial charge in [0.1, 0.15) is 17.6 Å². The van der Waals surface area contributed by atoms with Crippen LogP contribution in [0.4, 0.5) is 10.1 Å². The minimum atomic E-state index is -3.96. The molecule has 0 aliphatic rings. The number of halogens is 1. The third-order valence-electron chi connectivity index (χ3n) is 4.91. The molecular formula is C24H25FN2O4S. The molecule has 1 unspecified atom stereocenters. The van der Waals surface area contributed by atoms with E-state index in [9.17, 15) is 17.6 Å². The molecule has 0 bridgehead atoms. The van der Waals surface area contributed by atoms with Crippen molar-refractivity contribution in [2.75, 3.05) is 12.4 Å². The maximum atomic E-state index is 13.1. The Morgan fingerprint density at radius 3 is 2.09 bits per heavy atom. The number of ether oxygens (including phenoxy) is 1. The highest BCUT2D eigenvalue weighted by atomic mass is 32.2. The third kappa shape index (κ3) is 5.72. The van der Waals surface area contributed by atoms with Crippen LogP contribution in [-0.2, 0) is 14.8 Å². The first-order valence-corrected chi connectivity index (χ1v) is 11.5. The van der Waals surface area contributed by atoms with E-state index in [0.717, 1.165) is 11.1 Å². The SMILES string of the molecule is COc1cccc(NC(=O)C(NS(=O)(=O)c2ccc(-c3ccc(F)cc3)cc2)C(C)C)c1. The second-order valence-corrected chi connectivity index (χ2v) is 9.31. The van der Waals surface area contributed by atoms with E-state index in [-0.39, 0.29) is 16.6 Å². The van der Waals surface area contributed by atoms with Crippen LogP contribution in [0.15, 0.2) is 77.7 Å². The number of hydrogen-bond donors (Lipinski definition) is 2. The quantitative estimate of drug-likeness (QED) is 0.525. The summed E-state index contributed by atoms with van der Waals surface area (Å²) in [5.41, 5.74) is 2.02. The van der Waals surface area contributed by atoms with Gasteiger partial charge in [0.05, 0.1) is 12.0 Å². The number of amides is 1. The molecular weight excluding hydrogens is 431 g/mol. The zero-order chi connectivity index (χ0) is 23.3. The molecule has 0 aliphatic carbocycles. The molecule has 0 fully saturated rings. The van der Waals surface area contributed by atoms with Crippen LogP contribution in [0, 0.1) is 11.7 Å². The van der Waals surface area contributed by atoms with Gasteiger partial charge in [-0.1, -0.05) is 44.2 Å². The normalized spacial score (nSPS) is 12.4. The molecule has 0 aliphatic heterocycles. The fourth-order valence-corrected chi connectivity index (χ4v) is 4.46. The lowest BCUT2D eigenvalue weighted by atomic mass is 10.0. The van der Waals surface area contributed by atoms with E-state index in [0.29, 0.717) is 11.4 Å². The van der Waals surface area contributed by atoms with E-state index in [1.54, 1.807) is 62.4 Å². The molecule has 8 heteroatoms. The Balaban J connectivity index is 1.77. The molecule has 168 valence electrons. The predicted molar refractivity (Wildman–Crippen MR) is 122 cm³/mol. The molecule has 6 nitrogen and oxygen atoms in total. The van der Waals surface area contributed by atoms with Crippen molar-refractivity contribution >= 4 is 21.6 Å². The van der Waals surface area contributed by atoms with Gasteiger partial charge in [-0.3, -0.25) is 4.79 Å². The summed E-state index contributed by atoms with van der Waals surface area (Å²) in [6.07, 6.45) is 0. The lowest BCUT2D eigenvalue weighted by molar-refractivity contribution is -0.118. The number of anilines is 1. The Morgan fingerprint density at radius 2 is 1.53 bits per heavy atom. The largest absolute Gasteiger partial charge is 0.497 e. The van der Waals surface area contributed by atoms with Gasteiger partial charge in [0.2, 0.25) is 15.9 Å². The third-order valence-corrected chi connectivity index (χ3v) is 6.37. The first kappa shape index (κ1) is 23.4. The molecule has 1 atom stereocenters. The van der Waals surface area contributed by atoms with E-state index < -0.39 is 22.0 Å². The molecule has 3 rings (SSSR count). The van der Waals surface area contributed by atoms with E-state index in [4.69, 9.17) is 4.74 Å². The van der Waals surface area contributed by atoms with E-state index in [1.807, 2.05) is 0 Å². The van der Waals surface area contributed by atoms with Crippen LogP contribution >= 0.6 is 0 Å². The van der Waals surface area contributed by atoms with Crippen LogP contribution in [0.5, 0.6) is 5.75 Å². The van der Waals surface area contributed by atoms with Crippen molar-refractivity contribution in [2.24, 2.45) is 5.92 Å². The topological polar surface area (TPSA) is 84.5 Å². The predicted octanol–water partition coefficient (Wildman–Crippen LogP) is 4.44. The monoisotopic (exact) mass is 456 g/mol. The molecule has 2 N–H and O–H groups in total. The van der Waals surface area contributed by atoms with Gasteiger partial charge < -0.3 is 10.1 Å². The number of rotatable bonds is 8. The number of carbonyl (C=O) groups excluding carboxylic acids is 1. The summed E-state index contributed by atoms with van der Waals surface area (Å²) in [6.45, 7) is 3.52. The number of methoxy groups -OCH3 is 1. The molecule has 0 saturated heterocycles. The highest BCUT2D eigenvalue weighted by Crippen LogP contribution is 2.23. The van der Waals surface area contributed by atoms with Crippen molar-refractivity contribution in [2.45, 2.75) is 24.8 Å². The summed E-state index contributed by atoms with van der Waals surface area (Å²) in [4.78, 5) is 12.9. The molecule has 0 radical (unpaired) electrons. The second-order valence-electron chi connectivity index (χ2n) is 7.60. The van der Waals surface area contributed by atoms with Gasteiger partial charge in [-0.05, 0) is 53.4 Å². The van der Waals surface area contributed by atoms with E-state index in [1.165, 1.54) is 31.4 Å². The van der Waals surface area contributed by atoms with Crippen molar-refractivity contribution in [1.29, 1.82) is 0 Å². The summed E-state index contributed by atoms with van der Waals surface area (Å²) >= 11 is 0. The number of nitrogens with one attached hydrogen (secondary N) is 2. The number of carbonyl (C=O) groups is 1. The molecule has 32 heavy (non-hydrogen) atoms. The zero-order valence-electron chi connectivity index (χ0n) is 18.0. The van der Waals surface area contributed by atoms with Gasteiger partial charge in [0, 0.05) is 11.8 Å². The Labute approximate surface area is 187 Å². The van der Waals surface area contributed by atoms with Gasteiger partial charge in [0.25, 0.3) is 0 Å². The molecule has 0 saturated carbocycles. The first-order valence-electron chi connectivity index (χ1n) is 10.0. The summed E-state index contributed by atoms with van der Waals surface area (Å²) in [5, 5.41) is 2.73. The maximum absolute atomic E-state index is 13.1. The molecule has 3 aromatic carbocycles. The van der Waals surface area contributed by atoms with Crippen molar-refractivity contribution in [3.63, 3.8) is 0 Å². The summed E-state index contributed by atoms with van der Waals surface area (Å²) in [6, 6.07) is 18.0. The van der Waals surface area contributed by atoms with Gasteiger partial charge in [-0.2, -0.15) is 4.72 Å².